The number of nitrogens with zero attached hydrogens (tertiary/aromatic N) is 2. The third-order valence-corrected chi connectivity index (χ3v) is 6.17. The summed E-state index contributed by atoms with van der Waals surface area (Å²) in [6, 6.07) is 1.58. The van der Waals surface area contributed by atoms with Crippen LogP contribution in [0.1, 0.15) is 69.2 Å². The molecule has 0 aliphatic heterocycles. The molecule has 132 valence electrons. The monoisotopic (exact) mass is 337 g/mol. The molecule has 1 aromatic rings. The molecule has 4 atom stereocenters. The van der Waals surface area contributed by atoms with Gasteiger partial charge in [0, 0.05) is 12.0 Å². The molecule has 1 heterocycles. The van der Waals surface area contributed by atoms with Crippen LogP contribution in [0.3, 0.4) is 0 Å². The highest BCUT2D eigenvalue weighted by molar-refractivity contribution is 5.76. The third kappa shape index (κ3) is 3.07. The highest BCUT2D eigenvalue weighted by Gasteiger charge is 2.42. The van der Waals surface area contributed by atoms with Crippen molar-refractivity contribution in [3.05, 3.63) is 17.5 Å². The van der Waals surface area contributed by atoms with Gasteiger partial charge < -0.3 is 5.32 Å². The summed E-state index contributed by atoms with van der Waals surface area (Å²) in [6.45, 7) is 1.94. The van der Waals surface area contributed by atoms with E-state index in [1.807, 2.05) is 0 Å². The van der Waals surface area contributed by atoms with E-state index in [2.05, 4.69) is 17.3 Å². The first-order chi connectivity index (χ1) is 11.5. The van der Waals surface area contributed by atoms with Crippen LogP contribution < -0.4 is 5.32 Å². The fraction of sp³-hybridized carbons (Fsp3) is 0.778. The standard InChI is InChI=1S/C18H25F2N3O/c1-10(14-7-11-2-3-13(14)6-11)21-17(24)9-23-16(18(19)20)8-15(22-23)12-4-5-12/h8,10-14,18H,2-7,9H2,1H3,(H,21,24). The van der Waals surface area contributed by atoms with Gasteiger partial charge in [-0.05, 0) is 62.8 Å². The van der Waals surface area contributed by atoms with Crippen molar-refractivity contribution in [3.8, 4) is 0 Å². The maximum atomic E-state index is 13.2. The Morgan fingerprint density at radius 1 is 1.33 bits per heavy atom. The lowest BCUT2D eigenvalue weighted by Crippen LogP contribution is -2.41. The molecule has 1 N–H and O–H groups in total. The van der Waals surface area contributed by atoms with Crippen LogP contribution in [0.5, 0.6) is 0 Å². The van der Waals surface area contributed by atoms with Gasteiger partial charge in [0.15, 0.2) is 0 Å². The number of nitrogens with one attached hydrogen (secondary N) is 1. The van der Waals surface area contributed by atoms with Gasteiger partial charge in [0.25, 0.3) is 6.43 Å². The van der Waals surface area contributed by atoms with Crippen molar-refractivity contribution in [3.63, 3.8) is 0 Å². The zero-order valence-corrected chi connectivity index (χ0v) is 14.0. The third-order valence-electron chi connectivity index (χ3n) is 6.17. The van der Waals surface area contributed by atoms with Crippen LogP contribution in [0, 0.1) is 17.8 Å². The number of aromatic nitrogens is 2. The summed E-state index contributed by atoms with van der Waals surface area (Å²) in [7, 11) is 0. The molecule has 3 aliphatic rings. The molecule has 3 aliphatic carbocycles. The molecule has 2 bridgehead atoms. The lowest BCUT2D eigenvalue weighted by Gasteiger charge is -2.28. The molecule has 0 spiro atoms. The van der Waals surface area contributed by atoms with Crippen LogP contribution >= 0.6 is 0 Å². The molecule has 1 aromatic heterocycles. The Labute approximate surface area is 141 Å². The van der Waals surface area contributed by atoms with E-state index in [0.717, 1.165) is 24.7 Å². The average molecular weight is 337 g/mol. The summed E-state index contributed by atoms with van der Waals surface area (Å²) in [4.78, 5) is 12.3. The van der Waals surface area contributed by atoms with Crippen molar-refractivity contribution in [2.45, 2.75) is 70.4 Å². The molecule has 4 nitrogen and oxygen atoms in total. The average Bonchev–Trinajstić information content (AvgIpc) is 2.97. The molecule has 3 saturated carbocycles. The first kappa shape index (κ1) is 16.0. The number of hydrogen-bond acceptors (Lipinski definition) is 2. The number of rotatable bonds is 6. The molecule has 0 aromatic carbocycles. The molecule has 0 saturated heterocycles. The minimum atomic E-state index is -2.60. The van der Waals surface area contributed by atoms with Crippen molar-refractivity contribution in [1.29, 1.82) is 0 Å². The Balaban J connectivity index is 1.38. The maximum absolute atomic E-state index is 13.2. The van der Waals surface area contributed by atoms with Crippen molar-refractivity contribution in [1.82, 2.24) is 15.1 Å². The first-order valence-corrected chi connectivity index (χ1v) is 9.16. The van der Waals surface area contributed by atoms with E-state index >= 15 is 0 Å². The van der Waals surface area contributed by atoms with Gasteiger partial charge in [0.05, 0.1) is 5.69 Å². The predicted octanol–water partition coefficient (Wildman–Crippen LogP) is 3.64. The summed E-state index contributed by atoms with van der Waals surface area (Å²) < 4.78 is 27.6. The summed E-state index contributed by atoms with van der Waals surface area (Å²) >= 11 is 0. The van der Waals surface area contributed by atoms with Crippen LogP contribution in [-0.4, -0.2) is 21.7 Å². The molecular weight excluding hydrogens is 312 g/mol. The van der Waals surface area contributed by atoms with E-state index in [0.29, 0.717) is 17.5 Å². The van der Waals surface area contributed by atoms with Crippen LogP contribution in [0.2, 0.25) is 0 Å². The number of alkyl halides is 2. The minimum absolute atomic E-state index is 0.112. The fourth-order valence-electron chi connectivity index (χ4n) is 4.78. The molecule has 24 heavy (non-hydrogen) atoms. The molecule has 4 rings (SSSR count). The normalized spacial score (nSPS) is 30.1. The second-order valence-electron chi connectivity index (χ2n) is 7.92. The van der Waals surface area contributed by atoms with E-state index in [4.69, 9.17) is 0 Å². The molecular formula is C18H25F2N3O. The quantitative estimate of drug-likeness (QED) is 0.861. The predicted molar refractivity (Wildman–Crippen MR) is 85.7 cm³/mol. The van der Waals surface area contributed by atoms with Gasteiger partial charge in [-0.25, -0.2) is 8.78 Å². The van der Waals surface area contributed by atoms with Gasteiger partial charge in [0.1, 0.15) is 12.2 Å². The Morgan fingerprint density at radius 3 is 2.71 bits per heavy atom. The lowest BCUT2D eigenvalue weighted by molar-refractivity contribution is -0.123. The second kappa shape index (κ2) is 6.12. The van der Waals surface area contributed by atoms with Gasteiger partial charge in [0.2, 0.25) is 5.91 Å². The van der Waals surface area contributed by atoms with Gasteiger partial charge in [-0.1, -0.05) is 6.42 Å². The van der Waals surface area contributed by atoms with Crippen molar-refractivity contribution < 1.29 is 13.6 Å². The van der Waals surface area contributed by atoms with Gasteiger partial charge >= 0.3 is 0 Å². The first-order valence-electron chi connectivity index (χ1n) is 9.16. The van der Waals surface area contributed by atoms with Crippen LogP contribution in [0.15, 0.2) is 6.07 Å². The zero-order chi connectivity index (χ0) is 16.8. The van der Waals surface area contributed by atoms with E-state index < -0.39 is 6.43 Å². The summed E-state index contributed by atoms with van der Waals surface area (Å²) in [6.07, 6.45) is 4.51. The minimum Gasteiger partial charge on any atom is -0.352 e. The van der Waals surface area contributed by atoms with Crippen LogP contribution in [0.25, 0.3) is 0 Å². The highest BCUT2D eigenvalue weighted by Crippen LogP contribution is 2.49. The number of amides is 1. The lowest BCUT2D eigenvalue weighted by atomic mass is 9.84. The summed E-state index contributed by atoms with van der Waals surface area (Å²) in [5, 5.41) is 7.28. The van der Waals surface area contributed by atoms with Crippen molar-refractivity contribution in [2.24, 2.45) is 17.8 Å². The van der Waals surface area contributed by atoms with E-state index in [-0.39, 0.29) is 24.2 Å². The largest absolute Gasteiger partial charge is 0.352 e. The zero-order valence-electron chi connectivity index (χ0n) is 14.0. The van der Waals surface area contributed by atoms with Gasteiger partial charge in [-0.2, -0.15) is 5.10 Å². The molecule has 6 heteroatoms. The number of carbonyl (C=O) groups excluding carboxylic acids is 1. The number of halogens is 2. The molecule has 4 unspecified atom stereocenters. The fourth-order valence-corrected chi connectivity index (χ4v) is 4.78. The number of fused-ring (bicyclic) bond motifs is 2. The molecule has 1 amide bonds. The van der Waals surface area contributed by atoms with Crippen LogP contribution in [-0.2, 0) is 11.3 Å². The molecule has 0 radical (unpaired) electrons. The topological polar surface area (TPSA) is 46.9 Å². The number of carbonyl (C=O) groups is 1. The Morgan fingerprint density at radius 2 is 2.12 bits per heavy atom. The Bertz CT molecular complexity index is 626. The van der Waals surface area contributed by atoms with Gasteiger partial charge in [-0.15, -0.1) is 0 Å². The van der Waals surface area contributed by atoms with E-state index in [9.17, 15) is 13.6 Å². The Kier molecular flexibility index (Phi) is 4.09. The van der Waals surface area contributed by atoms with Crippen LogP contribution in [0.4, 0.5) is 8.78 Å². The Hall–Kier alpha value is -1.46. The smallest absolute Gasteiger partial charge is 0.280 e. The molecule has 3 fully saturated rings. The summed E-state index contributed by atoms with van der Waals surface area (Å²) in [5.74, 6) is 2.20. The van der Waals surface area contributed by atoms with Gasteiger partial charge in [-0.3, -0.25) is 9.48 Å². The van der Waals surface area contributed by atoms with Crippen molar-refractivity contribution >= 4 is 5.91 Å². The second-order valence-corrected chi connectivity index (χ2v) is 7.92. The summed E-state index contributed by atoms with van der Waals surface area (Å²) in [5.41, 5.74) is 0.568. The maximum Gasteiger partial charge on any atom is 0.280 e. The number of hydrogen-bond donors (Lipinski definition) is 1. The van der Waals surface area contributed by atoms with E-state index in [1.165, 1.54) is 36.4 Å². The van der Waals surface area contributed by atoms with Crippen molar-refractivity contribution in [2.75, 3.05) is 0 Å². The SMILES string of the molecule is CC(NC(=O)Cn1nc(C2CC2)cc1C(F)F)C1CC2CCC1C2. The van der Waals surface area contributed by atoms with E-state index in [1.54, 1.807) is 0 Å². The highest BCUT2D eigenvalue weighted by atomic mass is 19.3.